The fraction of sp³-hybridized carbons (Fsp3) is 0.667. The number of nitrogens with zero attached hydrogens (tertiary/aromatic N) is 2. The molecule has 0 aromatic carbocycles. The van der Waals surface area contributed by atoms with E-state index in [0.29, 0.717) is 5.92 Å². The first-order valence-electron chi connectivity index (χ1n) is 5.59. The predicted molar refractivity (Wildman–Crippen MR) is 59.4 cm³/mol. The normalized spacial score (nSPS) is 14.9. The Morgan fingerprint density at radius 3 is 2.14 bits per heavy atom. The molecule has 1 fully saturated rings. The first-order valence-corrected chi connectivity index (χ1v) is 5.59. The average Bonchev–Trinajstić information content (AvgIpc) is 3.04. The summed E-state index contributed by atoms with van der Waals surface area (Å²) in [6.45, 7) is 8.28. The molecule has 0 atom stereocenters. The zero-order valence-corrected chi connectivity index (χ0v) is 9.62. The van der Waals surface area contributed by atoms with E-state index >= 15 is 0 Å². The smallest absolute Gasteiger partial charge is 0.0617 e. The number of aromatic nitrogens is 2. The Morgan fingerprint density at radius 2 is 1.79 bits per heavy atom. The first-order chi connectivity index (χ1) is 6.77. The maximum absolute atomic E-state index is 4.40. The van der Waals surface area contributed by atoms with Crippen LogP contribution in [0.3, 0.4) is 0 Å². The van der Waals surface area contributed by atoms with Gasteiger partial charge in [0.2, 0.25) is 0 Å². The monoisotopic (exact) mass is 192 g/mol. The standard InChI is InChI=1S/C10H14N2.C2H6/c1-7(2)9-5-12-10(6-11-9)8-3-4-8;1-2/h5-8H,3-4H2,1-2H3;1-2H3. The molecule has 14 heavy (non-hydrogen) atoms. The minimum Gasteiger partial charge on any atom is -0.258 e. The average molecular weight is 192 g/mol. The molecular formula is C12H20N2. The van der Waals surface area contributed by atoms with Crippen molar-refractivity contribution < 1.29 is 0 Å². The van der Waals surface area contributed by atoms with Crippen molar-refractivity contribution in [1.82, 2.24) is 9.97 Å². The van der Waals surface area contributed by atoms with Crippen LogP contribution in [0.4, 0.5) is 0 Å². The van der Waals surface area contributed by atoms with Crippen LogP contribution in [-0.2, 0) is 0 Å². The maximum Gasteiger partial charge on any atom is 0.0617 e. The van der Waals surface area contributed by atoms with E-state index in [-0.39, 0.29) is 0 Å². The molecule has 78 valence electrons. The molecule has 0 unspecified atom stereocenters. The number of hydrogen-bond donors (Lipinski definition) is 0. The van der Waals surface area contributed by atoms with Crippen molar-refractivity contribution in [2.45, 2.75) is 52.4 Å². The van der Waals surface area contributed by atoms with Gasteiger partial charge in [0.1, 0.15) is 0 Å². The Labute approximate surface area is 86.8 Å². The Kier molecular flexibility index (Phi) is 4.05. The van der Waals surface area contributed by atoms with Gasteiger partial charge in [-0.05, 0) is 18.8 Å². The molecule has 0 spiro atoms. The van der Waals surface area contributed by atoms with Crippen LogP contribution >= 0.6 is 0 Å². The van der Waals surface area contributed by atoms with E-state index in [0.717, 1.165) is 11.6 Å². The summed E-state index contributed by atoms with van der Waals surface area (Å²) in [5.41, 5.74) is 2.28. The van der Waals surface area contributed by atoms with Crippen LogP contribution in [0.15, 0.2) is 12.4 Å². The lowest BCUT2D eigenvalue weighted by Gasteiger charge is -2.03. The molecule has 0 bridgehead atoms. The van der Waals surface area contributed by atoms with Crippen molar-refractivity contribution >= 4 is 0 Å². The Hall–Kier alpha value is -0.920. The van der Waals surface area contributed by atoms with Gasteiger partial charge in [0.15, 0.2) is 0 Å². The van der Waals surface area contributed by atoms with Gasteiger partial charge in [-0.2, -0.15) is 0 Å². The molecule has 0 amide bonds. The lowest BCUT2D eigenvalue weighted by Crippen LogP contribution is -1.96. The van der Waals surface area contributed by atoms with E-state index in [1.54, 1.807) is 0 Å². The van der Waals surface area contributed by atoms with Gasteiger partial charge < -0.3 is 0 Å². The van der Waals surface area contributed by atoms with Crippen molar-refractivity contribution in [1.29, 1.82) is 0 Å². The lowest BCUT2D eigenvalue weighted by molar-refractivity contribution is 0.800. The van der Waals surface area contributed by atoms with Crippen LogP contribution < -0.4 is 0 Å². The second-order valence-corrected chi connectivity index (χ2v) is 3.80. The molecule has 1 heterocycles. The van der Waals surface area contributed by atoms with Crippen LogP contribution in [0.25, 0.3) is 0 Å². The highest BCUT2D eigenvalue weighted by molar-refractivity contribution is 5.13. The van der Waals surface area contributed by atoms with Crippen LogP contribution in [0.5, 0.6) is 0 Å². The fourth-order valence-electron chi connectivity index (χ4n) is 1.24. The van der Waals surface area contributed by atoms with Crippen molar-refractivity contribution in [2.24, 2.45) is 0 Å². The molecular weight excluding hydrogens is 172 g/mol. The van der Waals surface area contributed by atoms with E-state index in [2.05, 4.69) is 23.8 Å². The van der Waals surface area contributed by atoms with E-state index < -0.39 is 0 Å². The van der Waals surface area contributed by atoms with Gasteiger partial charge in [-0.3, -0.25) is 9.97 Å². The van der Waals surface area contributed by atoms with Gasteiger partial charge in [-0.15, -0.1) is 0 Å². The molecule has 0 radical (unpaired) electrons. The summed E-state index contributed by atoms with van der Waals surface area (Å²) < 4.78 is 0. The SMILES string of the molecule is CC.CC(C)c1cnc(C2CC2)cn1. The Bertz CT molecular complexity index is 239. The molecule has 0 N–H and O–H groups in total. The topological polar surface area (TPSA) is 25.8 Å². The second-order valence-electron chi connectivity index (χ2n) is 3.80. The Balaban J connectivity index is 0.000000461. The van der Waals surface area contributed by atoms with E-state index in [4.69, 9.17) is 0 Å². The third-order valence-corrected chi connectivity index (χ3v) is 2.28. The van der Waals surface area contributed by atoms with Gasteiger partial charge >= 0.3 is 0 Å². The summed E-state index contributed by atoms with van der Waals surface area (Å²) in [5, 5.41) is 0. The van der Waals surface area contributed by atoms with Gasteiger partial charge in [-0.25, -0.2) is 0 Å². The maximum atomic E-state index is 4.40. The van der Waals surface area contributed by atoms with Gasteiger partial charge in [0.25, 0.3) is 0 Å². The summed E-state index contributed by atoms with van der Waals surface area (Å²) in [6, 6.07) is 0. The third kappa shape index (κ3) is 2.79. The summed E-state index contributed by atoms with van der Waals surface area (Å²) in [6.07, 6.45) is 6.46. The van der Waals surface area contributed by atoms with E-state index in [1.165, 1.54) is 18.5 Å². The zero-order chi connectivity index (χ0) is 10.6. The molecule has 1 saturated carbocycles. The molecule has 1 aliphatic carbocycles. The van der Waals surface area contributed by atoms with Crippen molar-refractivity contribution in [3.05, 3.63) is 23.8 Å². The van der Waals surface area contributed by atoms with Gasteiger partial charge in [0, 0.05) is 18.3 Å². The predicted octanol–water partition coefficient (Wildman–Crippen LogP) is 3.50. The number of hydrogen-bond acceptors (Lipinski definition) is 2. The summed E-state index contributed by atoms with van der Waals surface area (Å²) >= 11 is 0. The van der Waals surface area contributed by atoms with Crippen molar-refractivity contribution in [2.75, 3.05) is 0 Å². The highest BCUT2D eigenvalue weighted by Crippen LogP contribution is 2.38. The number of rotatable bonds is 2. The molecule has 0 aliphatic heterocycles. The first kappa shape index (κ1) is 11.2. The van der Waals surface area contributed by atoms with Crippen molar-refractivity contribution in [3.8, 4) is 0 Å². The molecule has 1 aromatic heterocycles. The van der Waals surface area contributed by atoms with Crippen LogP contribution in [0, 0.1) is 0 Å². The Morgan fingerprint density at radius 1 is 1.14 bits per heavy atom. The fourth-order valence-corrected chi connectivity index (χ4v) is 1.24. The summed E-state index contributed by atoms with van der Waals surface area (Å²) in [7, 11) is 0. The molecule has 1 aliphatic rings. The molecule has 1 aromatic rings. The second kappa shape index (κ2) is 5.08. The molecule has 2 nitrogen and oxygen atoms in total. The van der Waals surface area contributed by atoms with Gasteiger partial charge in [-0.1, -0.05) is 27.7 Å². The third-order valence-electron chi connectivity index (χ3n) is 2.28. The molecule has 2 heteroatoms. The van der Waals surface area contributed by atoms with E-state index in [9.17, 15) is 0 Å². The summed E-state index contributed by atoms with van der Waals surface area (Å²) in [4.78, 5) is 8.78. The van der Waals surface area contributed by atoms with Crippen LogP contribution in [0.1, 0.15) is 63.8 Å². The largest absolute Gasteiger partial charge is 0.258 e. The lowest BCUT2D eigenvalue weighted by atomic mass is 10.1. The van der Waals surface area contributed by atoms with E-state index in [1.807, 2.05) is 26.2 Å². The minimum atomic E-state index is 0.491. The highest BCUT2D eigenvalue weighted by Gasteiger charge is 2.25. The van der Waals surface area contributed by atoms with Crippen molar-refractivity contribution in [3.63, 3.8) is 0 Å². The van der Waals surface area contributed by atoms with Gasteiger partial charge in [0.05, 0.1) is 11.4 Å². The van der Waals surface area contributed by atoms with Crippen LogP contribution in [0.2, 0.25) is 0 Å². The summed E-state index contributed by atoms with van der Waals surface area (Å²) in [5.74, 6) is 1.21. The molecule has 2 rings (SSSR count). The minimum absolute atomic E-state index is 0.491. The zero-order valence-electron chi connectivity index (χ0n) is 9.62. The molecule has 0 saturated heterocycles. The quantitative estimate of drug-likeness (QED) is 0.716. The van der Waals surface area contributed by atoms with Crippen LogP contribution in [-0.4, -0.2) is 9.97 Å². The highest BCUT2D eigenvalue weighted by atomic mass is 14.8.